The van der Waals surface area contributed by atoms with E-state index in [0.717, 1.165) is 0 Å². The highest BCUT2D eigenvalue weighted by molar-refractivity contribution is 5.23. The van der Waals surface area contributed by atoms with E-state index in [-0.39, 0.29) is 17.7 Å². The van der Waals surface area contributed by atoms with Crippen molar-refractivity contribution in [1.82, 2.24) is 4.90 Å². The number of nitrogens with zero attached hydrogens (tertiary/aromatic N) is 1. The SMILES string of the molecule is CC(c1c(F)cccc1F)N1CCOC(CN)C1. The molecule has 100 valence electrons. The van der Waals surface area contributed by atoms with Crippen LogP contribution in [0.3, 0.4) is 0 Å². The van der Waals surface area contributed by atoms with E-state index in [9.17, 15) is 8.78 Å². The van der Waals surface area contributed by atoms with Crippen molar-refractivity contribution in [2.75, 3.05) is 26.2 Å². The van der Waals surface area contributed by atoms with Crippen LogP contribution in [0.2, 0.25) is 0 Å². The van der Waals surface area contributed by atoms with Crippen molar-refractivity contribution >= 4 is 0 Å². The van der Waals surface area contributed by atoms with Gasteiger partial charge in [-0.3, -0.25) is 4.90 Å². The Hall–Kier alpha value is -1.04. The molecule has 0 spiro atoms. The highest BCUT2D eigenvalue weighted by Crippen LogP contribution is 2.26. The van der Waals surface area contributed by atoms with E-state index in [4.69, 9.17) is 10.5 Å². The van der Waals surface area contributed by atoms with Crippen LogP contribution in [-0.2, 0) is 4.74 Å². The molecule has 18 heavy (non-hydrogen) atoms. The van der Waals surface area contributed by atoms with Gasteiger partial charge in [0, 0.05) is 31.2 Å². The Morgan fingerprint density at radius 3 is 2.72 bits per heavy atom. The van der Waals surface area contributed by atoms with E-state index >= 15 is 0 Å². The number of morpholine rings is 1. The molecule has 2 N–H and O–H groups in total. The number of rotatable bonds is 3. The van der Waals surface area contributed by atoms with Crippen molar-refractivity contribution in [3.8, 4) is 0 Å². The molecule has 0 amide bonds. The number of ether oxygens (including phenoxy) is 1. The summed E-state index contributed by atoms with van der Waals surface area (Å²) < 4.78 is 32.9. The lowest BCUT2D eigenvalue weighted by molar-refractivity contribution is -0.0373. The molecule has 2 unspecified atom stereocenters. The molecule has 0 aromatic heterocycles. The fraction of sp³-hybridized carbons (Fsp3) is 0.538. The van der Waals surface area contributed by atoms with Gasteiger partial charge in [-0.2, -0.15) is 0 Å². The third kappa shape index (κ3) is 2.68. The van der Waals surface area contributed by atoms with Gasteiger partial charge in [0.2, 0.25) is 0 Å². The first kappa shape index (κ1) is 13.4. The minimum atomic E-state index is -0.502. The normalized spacial score (nSPS) is 23.0. The van der Waals surface area contributed by atoms with Gasteiger partial charge in [0.15, 0.2) is 0 Å². The number of hydrogen-bond donors (Lipinski definition) is 1. The summed E-state index contributed by atoms with van der Waals surface area (Å²) in [4.78, 5) is 2.00. The lowest BCUT2D eigenvalue weighted by Crippen LogP contribution is -2.46. The first-order chi connectivity index (χ1) is 8.63. The summed E-state index contributed by atoms with van der Waals surface area (Å²) in [5.74, 6) is -1.00. The quantitative estimate of drug-likeness (QED) is 0.894. The summed E-state index contributed by atoms with van der Waals surface area (Å²) in [7, 11) is 0. The van der Waals surface area contributed by atoms with Crippen molar-refractivity contribution in [1.29, 1.82) is 0 Å². The average molecular weight is 256 g/mol. The number of halogens is 2. The predicted molar refractivity (Wildman–Crippen MR) is 65.1 cm³/mol. The molecule has 0 saturated carbocycles. The predicted octanol–water partition coefficient (Wildman–Crippen LogP) is 1.69. The molecule has 1 heterocycles. The maximum atomic E-state index is 13.7. The first-order valence-electron chi connectivity index (χ1n) is 6.13. The molecular weight excluding hydrogens is 238 g/mol. The Kier molecular flexibility index (Phi) is 4.27. The lowest BCUT2D eigenvalue weighted by Gasteiger charge is -2.36. The molecule has 0 bridgehead atoms. The summed E-state index contributed by atoms with van der Waals surface area (Å²) in [6.45, 7) is 4.03. The van der Waals surface area contributed by atoms with Gasteiger partial charge < -0.3 is 10.5 Å². The molecule has 2 rings (SSSR count). The summed E-state index contributed by atoms with van der Waals surface area (Å²) >= 11 is 0. The number of benzene rings is 1. The van der Waals surface area contributed by atoms with Crippen LogP contribution < -0.4 is 5.73 Å². The molecule has 1 saturated heterocycles. The van der Waals surface area contributed by atoms with Gasteiger partial charge in [0.25, 0.3) is 0 Å². The second kappa shape index (κ2) is 5.73. The highest BCUT2D eigenvalue weighted by atomic mass is 19.1. The van der Waals surface area contributed by atoms with Gasteiger partial charge in [0.1, 0.15) is 11.6 Å². The Labute approximate surface area is 106 Å². The van der Waals surface area contributed by atoms with Crippen LogP contribution in [0.5, 0.6) is 0 Å². The van der Waals surface area contributed by atoms with E-state index in [1.165, 1.54) is 18.2 Å². The van der Waals surface area contributed by atoms with Crippen molar-refractivity contribution in [3.63, 3.8) is 0 Å². The molecule has 1 aromatic rings. The van der Waals surface area contributed by atoms with Crippen LogP contribution in [0.4, 0.5) is 8.78 Å². The molecule has 1 aromatic carbocycles. The largest absolute Gasteiger partial charge is 0.374 e. The second-order valence-electron chi connectivity index (χ2n) is 4.53. The van der Waals surface area contributed by atoms with E-state index in [1.807, 2.05) is 4.90 Å². The zero-order chi connectivity index (χ0) is 13.1. The van der Waals surface area contributed by atoms with Crippen LogP contribution >= 0.6 is 0 Å². The molecule has 1 fully saturated rings. The third-order valence-electron chi connectivity index (χ3n) is 3.40. The second-order valence-corrected chi connectivity index (χ2v) is 4.53. The fourth-order valence-electron chi connectivity index (χ4n) is 2.33. The fourth-order valence-corrected chi connectivity index (χ4v) is 2.33. The average Bonchev–Trinajstić information content (AvgIpc) is 2.38. The van der Waals surface area contributed by atoms with Gasteiger partial charge >= 0.3 is 0 Å². The summed E-state index contributed by atoms with van der Waals surface area (Å²) in [6, 6.07) is 3.64. The van der Waals surface area contributed by atoms with Crippen LogP contribution in [0.15, 0.2) is 18.2 Å². The number of hydrogen-bond acceptors (Lipinski definition) is 3. The minimum absolute atomic E-state index is 0.0592. The van der Waals surface area contributed by atoms with Crippen molar-refractivity contribution in [3.05, 3.63) is 35.4 Å². The molecule has 2 atom stereocenters. The summed E-state index contributed by atoms with van der Waals surface area (Å²) in [6.07, 6.45) is -0.0592. The molecule has 3 nitrogen and oxygen atoms in total. The van der Waals surface area contributed by atoms with Crippen LogP contribution in [-0.4, -0.2) is 37.2 Å². The number of nitrogens with two attached hydrogens (primary N) is 1. The van der Waals surface area contributed by atoms with E-state index in [2.05, 4.69) is 0 Å². The van der Waals surface area contributed by atoms with Crippen LogP contribution in [0.1, 0.15) is 18.5 Å². The zero-order valence-corrected chi connectivity index (χ0v) is 10.4. The summed E-state index contributed by atoms with van der Waals surface area (Å²) in [5.41, 5.74) is 5.68. The summed E-state index contributed by atoms with van der Waals surface area (Å²) in [5, 5.41) is 0. The van der Waals surface area contributed by atoms with Crippen molar-refractivity contribution < 1.29 is 13.5 Å². The molecule has 0 radical (unpaired) electrons. The van der Waals surface area contributed by atoms with Crippen LogP contribution in [0, 0.1) is 11.6 Å². The lowest BCUT2D eigenvalue weighted by atomic mass is 10.0. The Balaban J connectivity index is 2.17. The molecule has 1 aliphatic rings. The maximum Gasteiger partial charge on any atom is 0.130 e. The van der Waals surface area contributed by atoms with E-state index < -0.39 is 11.6 Å². The van der Waals surface area contributed by atoms with E-state index in [0.29, 0.717) is 26.2 Å². The van der Waals surface area contributed by atoms with Gasteiger partial charge in [0.05, 0.1) is 12.7 Å². The molecular formula is C13H18F2N2O. The molecule has 5 heteroatoms. The Morgan fingerprint density at radius 2 is 2.11 bits per heavy atom. The van der Waals surface area contributed by atoms with Gasteiger partial charge in [-0.15, -0.1) is 0 Å². The smallest absolute Gasteiger partial charge is 0.130 e. The molecule has 1 aliphatic heterocycles. The van der Waals surface area contributed by atoms with Crippen molar-refractivity contribution in [2.45, 2.75) is 19.1 Å². The van der Waals surface area contributed by atoms with E-state index in [1.54, 1.807) is 6.92 Å². The van der Waals surface area contributed by atoms with Crippen molar-refractivity contribution in [2.24, 2.45) is 5.73 Å². The maximum absolute atomic E-state index is 13.7. The molecule has 0 aliphatic carbocycles. The van der Waals surface area contributed by atoms with Gasteiger partial charge in [-0.05, 0) is 19.1 Å². The monoisotopic (exact) mass is 256 g/mol. The topological polar surface area (TPSA) is 38.5 Å². The highest BCUT2D eigenvalue weighted by Gasteiger charge is 2.27. The minimum Gasteiger partial charge on any atom is -0.374 e. The van der Waals surface area contributed by atoms with Crippen LogP contribution in [0.25, 0.3) is 0 Å². The Morgan fingerprint density at radius 1 is 1.44 bits per heavy atom. The first-order valence-corrected chi connectivity index (χ1v) is 6.13. The zero-order valence-electron chi connectivity index (χ0n) is 10.4. The van der Waals surface area contributed by atoms with Gasteiger partial charge in [-0.1, -0.05) is 6.07 Å². The standard InChI is InChI=1S/C13H18F2N2O/c1-9(13-11(14)3-2-4-12(13)15)17-5-6-18-10(7-16)8-17/h2-4,9-10H,5-8,16H2,1H3. The third-order valence-corrected chi connectivity index (χ3v) is 3.40. The van der Waals surface area contributed by atoms with Gasteiger partial charge in [-0.25, -0.2) is 8.78 Å². The Bertz CT molecular complexity index is 394.